The molecule has 0 unspecified atom stereocenters. The number of anilines is 1. The highest BCUT2D eigenvalue weighted by Crippen LogP contribution is 2.17. The Labute approximate surface area is 172 Å². The highest BCUT2D eigenvalue weighted by molar-refractivity contribution is 6.01. The van der Waals surface area contributed by atoms with Crippen LogP contribution in [0.25, 0.3) is 0 Å². The van der Waals surface area contributed by atoms with Crippen molar-refractivity contribution in [3.8, 4) is 5.75 Å². The number of phenolic OH excluding ortho intramolecular Hbond substituents is 1. The molecule has 0 saturated heterocycles. The van der Waals surface area contributed by atoms with Gasteiger partial charge < -0.3 is 15.7 Å². The number of rotatable bonds is 7. The van der Waals surface area contributed by atoms with E-state index in [0.29, 0.717) is 11.3 Å². The first kappa shape index (κ1) is 20.5. The van der Waals surface area contributed by atoms with Crippen LogP contribution in [0.5, 0.6) is 5.75 Å². The molecule has 152 valence electrons. The fourth-order valence-corrected chi connectivity index (χ4v) is 2.80. The molecule has 1 atom stereocenters. The molecule has 0 fully saturated rings. The summed E-state index contributed by atoms with van der Waals surface area (Å²) in [6, 6.07) is 19.3. The van der Waals surface area contributed by atoms with E-state index in [1.807, 2.05) is 0 Å². The Kier molecular flexibility index (Phi) is 6.39. The molecule has 0 aromatic heterocycles. The summed E-state index contributed by atoms with van der Waals surface area (Å²) in [4.78, 5) is 35.7. The third-order valence-corrected chi connectivity index (χ3v) is 4.38. The van der Waals surface area contributed by atoms with Crippen LogP contribution in [0.4, 0.5) is 11.4 Å². The quantitative estimate of drug-likeness (QED) is 0.411. The first-order valence-electron chi connectivity index (χ1n) is 9.11. The maximum absolute atomic E-state index is 12.9. The number of phenols is 1. The third kappa shape index (κ3) is 5.41. The number of aromatic hydroxyl groups is 1. The molecule has 0 bridgehead atoms. The van der Waals surface area contributed by atoms with E-state index in [-0.39, 0.29) is 17.9 Å². The smallest absolute Gasteiger partial charge is 0.269 e. The van der Waals surface area contributed by atoms with Crippen molar-refractivity contribution >= 4 is 23.2 Å². The average molecular weight is 405 g/mol. The van der Waals surface area contributed by atoms with E-state index in [2.05, 4.69) is 10.6 Å². The SMILES string of the molecule is O=C(N[C@H](Cc1ccc(O)cc1)C(=O)Nc1ccc([N+](=O)[O-])cc1)c1ccccc1. The van der Waals surface area contributed by atoms with Crippen molar-refractivity contribution in [3.05, 3.63) is 100 Å². The zero-order valence-electron chi connectivity index (χ0n) is 15.8. The zero-order chi connectivity index (χ0) is 21.5. The fraction of sp³-hybridized carbons (Fsp3) is 0.0909. The largest absolute Gasteiger partial charge is 0.508 e. The number of non-ortho nitro benzene ring substituents is 1. The molecular weight excluding hydrogens is 386 g/mol. The Hall–Kier alpha value is -4.20. The number of hydrogen-bond acceptors (Lipinski definition) is 5. The lowest BCUT2D eigenvalue weighted by Crippen LogP contribution is -2.45. The number of carbonyl (C=O) groups excluding carboxylic acids is 2. The Morgan fingerprint density at radius 1 is 0.933 bits per heavy atom. The minimum Gasteiger partial charge on any atom is -0.508 e. The molecule has 30 heavy (non-hydrogen) atoms. The van der Waals surface area contributed by atoms with Gasteiger partial charge in [-0.2, -0.15) is 0 Å². The maximum atomic E-state index is 12.9. The predicted octanol–water partition coefficient (Wildman–Crippen LogP) is 3.28. The van der Waals surface area contributed by atoms with Crippen LogP contribution >= 0.6 is 0 Å². The van der Waals surface area contributed by atoms with Gasteiger partial charge in [-0.05, 0) is 42.0 Å². The Bertz CT molecular complexity index is 1030. The van der Waals surface area contributed by atoms with Crippen LogP contribution in [-0.2, 0) is 11.2 Å². The van der Waals surface area contributed by atoms with Crippen LogP contribution in [0.1, 0.15) is 15.9 Å². The molecular formula is C22H19N3O5. The van der Waals surface area contributed by atoms with E-state index in [9.17, 15) is 24.8 Å². The van der Waals surface area contributed by atoms with Gasteiger partial charge in [0, 0.05) is 29.8 Å². The van der Waals surface area contributed by atoms with Gasteiger partial charge >= 0.3 is 0 Å². The molecule has 3 N–H and O–H groups in total. The van der Waals surface area contributed by atoms with E-state index in [1.54, 1.807) is 42.5 Å². The van der Waals surface area contributed by atoms with Gasteiger partial charge in [0.25, 0.3) is 11.6 Å². The van der Waals surface area contributed by atoms with Crippen LogP contribution in [0.2, 0.25) is 0 Å². The molecule has 0 saturated carbocycles. The molecule has 0 aliphatic heterocycles. The summed E-state index contributed by atoms with van der Waals surface area (Å²) in [6.07, 6.45) is 0.192. The van der Waals surface area contributed by atoms with E-state index in [4.69, 9.17) is 0 Å². The van der Waals surface area contributed by atoms with Crippen molar-refractivity contribution in [2.75, 3.05) is 5.32 Å². The summed E-state index contributed by atoms with van der Waals surface area (Å²) in [7, 11) is 0. The number of benzene rings is 3. The molecule has 0 heterocycles. The van der Waals surface area contributed by atoms with Crippen LogP contribution in [-0.4, -0.2) is 27.9 Å². The molecule has 0 radical (unpaired) electrons. The van der Waals surface area contributed by atoms with E-state index < -0.39 is 22.8 Å². The molecule has 2 amide bonds. The first-order chi connectivity index (χ1) is 14.4. The second-order valence-electron chi connectivity index (χ2n) is 6.56. The lowest BCUT2D eigenvalue weighted by molar-refractivity contribution is -0.384. The Morgan fingerprint density at radius 2 is 1.57 bits per heavy atom. The predicted molar refractivity (Wildman–Crippen MR) is 111 cm³/mol. The second kappa shape index (κ2) is 9.33. The lowest BCUT2D eigenvalue weighted by atomic mass is 10.0. The Balaban J connectivity index is 1.78. The molecule has 0 aliphatic carbocycles. The number of nitrogens with one attached hydrogen (secondary N) is 2. The molecule has 3 rings (SSSR count). The number of nitro groups is 1. The summed E-state index contributed by atoms with van der Waals surface area (Å²) < 4.78 is 0. The van der Waals surface area contributed by atoms with Crippen LogP contribution in [0.15, 0.2) is 78.9 Å². The minimum absolute atomic E-state index is 0.0916. The number of amides is 2. The standard InChI is InChI=1S/C22H19N3O5/c26-19-12-6-15(7-13-19)14-20(24-21(27)16-4-2-1-3-5-16)22(28)23-17-8-10-18(11-9-17)25(29)30/h1-13,20,26H,14H2,(H,23,28)(H,24,27)/t20-/m1/s1. The van der Waals surface area contributed by atoms with Gasteiger partial charge in [-0.1, -0.05) is 30.3 Å². The third-order valence-electron chi connectivity index (χ3n) is 4.38. The number of hydrogen-bond donors (Lipinski definition) is 3. The molecule has 0 spiro atoms. The number of nitrogens with zero attached hydrogens (tertiary/aromatic N) is 1. The van der Waals surface area contributed by atoms with Crippen molar-refractivity contribution in [1.29, 1.82) is 0 Å². The summed E-state index contributed by atoms with van der Waals surface area (Å²) in [5.74, 6) is -0.779. The summed E-state index contributed by atoms with van der Waals surface area (Å²) in [5.41, 5.74) is 1.43. The van der Waals surface area contributed by atoms with Crippen LogP contribution in [0.3, 0.4) is 0 Å². The Morgan fingerprint density at radius 3 is 2.17 bits per heavy atom. The minimum atomic E-state index is -0.905. The molecule has 3 aromatic rings. The van der Waals surface area contributed by atoms with Crippen molar-refractivity contribution in [1.82, 2.24) is 5.32 Å². The van der Waals surface area contributed by atoms with Crippen LogP contribution < -0.4 is 10.6 Å². The first-order valence-corrected chi connectivity index (χ1v) is 9.11. The van der Waals surface area contributed by atoms with E-state index >= 15 is 0 Å². The molecule has 8 heteroatoms. The van der Waals surface area contributed by atoms with Gasteiger partial charge in [-0.3, -0.25) is 19.7 Å². The lowest BCUT2D eigenvalue weighted by Gasteiger charge is -2.19. The normalized spacial score (nSPS) is 11.3. The number of nitro benzene ring substituents is 1. The number of carbonyl (C=O) groups is 2. The van der Waals surface area contributed by atoms with E-state index in [1.165, 1.54) is 36.4 Å². The fourth-order valence-electron chi connectivity index (χ4n) is 2.80. The molecule has 8 nitrogen and oxygen atoms in total. The summed E-state index contributed by atoms with van der Waals surface area (Å²) >= 11 is 0. The van der Waals surface area contributed by atoms with E-state index in [0.717, 1.165) is 5.56 Å². The summed E-state index contributed by atoms with van der Waals surface area (Å²) in [6.45, 7) is 0. The molecule has 0 aliphatic rings. The van der Waals surface area contributed by atoms with Crippen molar-refractivity contribution in [2.24, 2.45) is 0 Å². The zero-order valence-corrected chi connectivity index (χ0v) is 15.8. The van der Waals surface area contributed by atoms with Gasteiger partial charge in [0.2, 0.25) is 5.91 Å². The van der Waals surface area contributed by atoms with Crippen molar-refractivity contribution in [2.45, 2.75) is 12.5 Å². The van der Waals surface area contributed by atoms with Crippen molar-refractivity contribution < 1.29 is 19.6 Å². The molecule has 3 aromatic carbocycles. The highest BCUT2D eigenvalue weighted by Gasteiger charge is 2.22. The monoisotopic (exact) mass is 405 g/mol. The van der Waals surface area contributed by atoms with Gasteiger partial charge in [0.05, 0.1) is 4.92 Å². The van der Waals surface area contributed by atoms with Gasteiger partial charge in [-0.25, -0.2) is 0 Å². The maximum Gasteiger partial charge on any atom is 0.269 e. The van der Waals surface area contributed by atoms with Gasteiger partial charge in [0.1, 0.15) is 11.8 Å². The van der Waals surface area contributed by atoms with Crippen LogP contribution in [0, 0.1) is 10.1 Å². The summed E-state index contributed by atoms with van der Waals surface area (Å²) in [5, 5.41) is 25.6. The highest BCUT2D eigenvalue weighted by atomic mass is 16.6. The topological polar surface area (TPSA) is 122 Å². The van der Waals surface area contributed by atoms with Gasteiger partial charge in [-0.15, -0.1) is 0 Å². The average Bonchev–Trinajstić information content (AvgIpc) is 2.75. The van der Waals surface area contributed by atoms with Gasteiger partial charge in [0.15, 0.2) is 0 Å². The van der Waals surface area contributed by atoms with Crippen molar-refractivity contribution in [3.63, 3.8) is 0 Å². The second-order valence-corrected chi connectivity index (χ2v) is 6.56.